The minimum atomic E-state index is -0.873. The van der Waals surface area contributed by atoms with Gasteiger partial charge in [0.05, 0.1) is 23.5 Å². The number of nitrogens with one attached hydrogen (secondary N) is 1. The molecule has 0 unspecified atom stereocenters. The number of aliphatic carboxylic acids is 1. The summed E-state index contributed by atoms with van der Waals surface area (Å²) in [5.41, 5.74) is 2.45. The van der Waals surface area contributed by atoms with Crippen LogP contribution in [0.4, 0.5) is 10.8 Å². The summed E-state index contributed by atoms with van der Waals surface area (Å²) >= 11 is 1.39. The molecular formula is C11H14N4O2S. The van der Waals surface area contributed by atoms with Crippen LogP contribution in [0.3, 0.4) is 0 Å². The molecule has 6 nitrogen and oxygen atoms in total. The fourth-order valence-electron chi connectivity index (χ4n) is 1.62. The highest BCUT2D eigenvalue weighted by atomic mass is 32.1. The van der Waals surface area contributed by atoms with Gasteiger partial charge < -0.3 is 10.4 Å². The van der Waals surface area contributed by atoms with E-state index in [1.807, 2.05) is 20.2 Å². The molecule has 0 aromatic carbocycles. The van der Waals surface area contributed by atoms with Gasteiger partial charge in [-0.15, -0.1) is 11.3 Å². The van der Waals surface area contributed by atoms with E-state index in [9.17, 15) is 4.79 Å². The lowest BCUT2D eigenvalue weighted by Gasteiger charge is -2.00. The maximum Gasteiger partial charge on any atom is 0.309 e. The molecular weight excluding hydrogens is 252 g/mol. The van der Waals surface area contributed by atoms with Crippen molar-refractivity contribution in [3.05, 3.63) is 23.0 Å². The fraction of sp³-hybridized carbons (Fsp3) is 0.364. The van der Waals surface area contributed by atoms with Crippen molar-refractivity contribution < 1.29 is 9.90 Å². The zero-order chi connectivity index (χ0) is 13.1. The summed E-state index contributed by atoms with van der Waals surface area (Å²) in [4.78, 5) is 14.8. The van der Waals surface area contributed by atoms with Gasteiger partial charge in [0.15, 0.2) is 5.13 Å². The molecule has 2 heterocycles. The summed E-state index contributed by atoms with van der Waals surface area (Å²) in [7, 11) is 1.86. The number of rotatable bonds is 5. The molecule has 2 aromatic rings. The molecule has 2 N–H and O–H groups in total. The molecule has 2 aromatic heterocycles. The second-order valence-corrected chi connectivity index (χ2v) is 4.71. The largest absolute Gasteiger partial charge is 0.481 e. The lowest BCUT2D eigenvalue weighted by atomic mass is 10.3. The number of anilines is 2. The van der Waals surface area contributed by atoms with Crippen molar-refractivity contribution in [3.63, 3.8) is 0 Å². The number of hydrogen-bond acceptors (Lipinski definition) is 5. The van der Waals surface area contributed by atoms with Gasteiger partial charge in [0.2, 0.25) is 0 Å². The third-order valence-corrected chi connectivity index (χ3v) is 3.17. The lowest BCUT2D eigenvalue weighted by Crippen LogP contribution is -2.00. The molecule has 0 aliphatic carbocycles. The van der Waals surface area contributed by atoms with Crippen LogP contribution < -0.4 is 5.32 Å². The SMILES string of the molecule is CCc1nn(C)cc1Nc1nc(CC(=O)O)cs1. The molecule has 0 saturated carbocycles. The second-order valence-electron chi connectivity index (χ2n) is 3.86. The van der Waals surface area contributed by atoms with Crippen LogP contribution in [0.25, 0.3) is 0 Å². The van der Waals surface area contributed by atoms with E-state index in [-0.39, 0.29) is 6.42 Å². The number of nitrogens with zero attached hydrogens (tertiary/aromatic N) is 3. The van der Waals surface area contributed by atoms with E-state index in [2.05, 4.69) is 15.4 Å². The Kier molecular flexibility index (Phi) is 3.61. The average Bonchev–Trinajstić information content (AvgIpc) is 2.85. The highest BCUT2D eigenvalue weighted by Gasteiger charge is 2.10. The Morgan fingerprint density at radius 2 is 2.39 bits per heavy atom. The minimum Gasteiger partial charge on any atom is -0.481 e. The van der Waals surface area contributed by atoms with E-state index in [4.69, 9.17) is 5.11 Å². The van der Waals surface area contributed by atoms with E-state index >= 15 is 0 Å². The summed E-state index contributed by atoms with van der Waals surface area (Å²) < 4.78 is 1.74. The van der Waals surface area contributed by atoms with E-state index in [1.54, 1.807) is 10.1 Å². The topological polar surface area (TPSA) is 80.0 Å². The van der Waals surface area contributed by atoms with E-state index in [1.165, 1.54) is 11.3 Å². The quantitative estimate of drug-likeness (QED) is 0.862. The van der Waals surface area contributed by atoms with Crippen LogP contribution in [0.1, 0.15) is 18.3 Å². The van der Waals surface area contributed by atoms with E-state index < -0.39 is 5.97 Å². The van der Waals surface area contributed by atoms with Crippen molar-refractivity contribution in [1.29, 1.82) is 0 Å². The molecule has 0 atom stereocenters. The van der Waals surface area contributed by atoms with E-state index in [0.717, 1.165) is 17.8 Å². The Hall–Kier alpha value is -1.89. The van der Waals surface area contributed by atoms with Crippen molar-refractivity contribution >= 4 is 28.1 Å². The van der Waals surface area contributed by atoms with Crippen LogP contribution in [-0.2, 0) is 24.7 Å². The Labute approximate surface area is 108 Å². The van der Waals surface area contributed by atoms with Crippen LogP contribution >= 0.6 is 11.3 Å². The summed E-state index contributed by atoms with van der Waals surface area (Å²) in [5, 5.41) is 18.6. The smallest absolute Gasteiger partial charge is 0.309 e. The number of carboxylic acids is 1. The zero-order valence-corrected chi connectivity index (χ0v) is 11.0. The number of thiazole rings is 1. The van der Waals surface area contributed by atoms with Crippen molar-refractivity contribution in [2.75, 3.05) is 5.32 Å². The summed E-state index contributed by atoms with van der Waals surface area (Å²) in [6.45, 7) is 2.03. The number of carboxylic acid groups (broad SMARTS) is 1. The fourth-order valence-corrected chi connectivity index (χ4v) is 2.34. The van der Waals surface area contributed by atoms with Crippen molar-refractivity contribution in [1.82, 2.24) is 14.8 Å². The van der Waals surface area contributed by atoms with Crippen molar-refractivity contribution in [2.45, 2.75) is 19.8 Å². The normalized spacial score (nSPS) is 10.6. The molecule has 2 rings (SSSR count). The second kappa shape index (κ2) is 5.18. The number of hydrogen-bond donors (Lipinski definition) is 2. The maximum atomic E-state index is 10.6. The summed E-state index contributed by atoms with van der Waals surface area (Å²) in [5.74, 6) is -0.873. The van der Waals surface area contributed by atoms with Crippen LogP contribution in [-0.4, -0.2) is 25.8 Å². The van der Waals surface area contributed by atoms with Gasteiger partial charge in [0, 0.05) is 18.6 Å². The Morgan fingerprint density at radius 1 is 1.61 bits per heavy atom. The Balaban J connectivity index is 2.13. The number of aromatic nitrogens is 3. The van der Waals surface area contributed by atoms with Gasteiger partial charge in [-0.05, 0) is 6.42 Å². The van der Waals surface area contributed by atoms with E-state index in [0.29, 0.717) is 10.8 Å². The monoisotopic (exact) mass is 266 g/mol. The Morgan fingerprint density at radius 3 is 3.06 bits per heavy atom. The third-order valence-electron chi connectivity index (χ3n) is 2.37. The maximum absolute atomic E-state index is 10.6. The number of aryl methyl sites for hydroxylation is 2. The zero-order valence-electron chi connectivity index (χ0n) is 10.2. The van der Waals surface area contributed by atoms with Gasteiger partial charge in [-0.25, -0.2) is 4.98 Å². The minimum absolute atomic E-state index is 0.0497. The predicted octanol–water partition coefficient (Wildman–Crippen LogP) is 1.81. The first-order valence-corrected chi connectivity index (χ1v) is 6.42. The van der Waals surface area contributed by atoms with Crippen molar-refractivity contribution in [2.24, 2.45) is 7.05 Å². The standard InChI is InChI=1S/C11H14N4O2S/c1-3-8-9(5-15(2)14-8)13-11-12-7(6-18-11)4-10(16)17/h5-6H,3-4H2,1-2H3,(H,12,13)(H,16,17). The third kappa shape index (κ3) is 2.86. The molecule has 0 aliphatic rings. The molecule has 96 valence electrons. The lowest BCUT2D eigenvalue weighted by molar-refractivity contribution is -0.136. The molecule has 0 saturated heterocycles. The Bertz CT molecular complexity index is 561. The van der Waals surface area contributed by atoms with Crippen molar-refractivity contribution in [3.8, 4) is 0 Å². The van der Waals surface area contributed by atoms with Gasteiger partial charge in [-0.2, -0.15) is 5.10 Å². The predicted molar refractivity (Wildman–Crippen MR) is 69.3 cm³/mol. The summed E-state index contributed by atoms with van der Waals surface area (Å²) in [6.07, 6.45) is 2.67. The molecule has 0 aliphatic heterocycles. The van der Waals surface area contributed by atoms with Crippen LogP contribution in [0, 0.1) is 0 Å². The first-order chi connectivity index (χ1) is 8.58. The summed E-state index contributed by atoms with van der Waals surface area (Å²) in [6, 6.07) is 0. The number of carbonyl (C=O) groups is 1. The molecule has 7 heteroatoms. The highest BCUT2D eigenvalue weighted by molar-refractivity contribution is 7.13. The van der Waals surface area contributed by atoms with Crippen LogP contribution in [0.15, 0.2) is 11.6 Å². The van der Waals surface area contributed by atoms with Gasteiger partial charge in [-0.3, -0.25) is 9.48 Å². The van der Waals surface area contributed by atoms with Crippen LogP contribution in [0.2, 0.25) is 0 Å². The first-order valence-electron chi connectivity index (χ1n) is 5.54. The highest BCUT2D eigenvalue weighted by Crippen LogP contribution is 2.23. The van der Waals surface area contributed by atoms with Gasteiger partial charge in [0.1, 0.15) is 0 Å². The molecule has 0 amide bonds. The molecule has 0 bridgehead atoms. The molecule has 0 radical (unpaired) electrons. The van der Waals surface area contributed by atoms with Gasteiger partial charge in [-0.1, -0.05) is 6.92 Å². The molecule has 0 spiro atoms. The average molecular weight is 266 g/mol. The molecule has 0 fully saturated rings. The van der Waals surface area contributed by atoms with Gasteiger partial charge >= 0.3 is 5.97 Å². The van der Waals surface area contributed by atoms with Gasteiger partial charge in [0.25, 0.3) is 0 Å². The first kappa shape index (κ1) is 12.6. The molecule has 18 heavy (non-hydrogen) atoms. The van der Waals surface area contributed by atoms with Crippen LogP contribution in [0.5, 0.6) is 0 Å².